The van der Waals surface area contributed by atoms with Crippen molar-refractivity contribution in [3.8, 4) is 0 Å². The molecule has 4 fully saturated rings. The maximum absolute atomic E-state index is 9.96. The Morgan fingerprint density at radius 2 is 1.21 bits per heavy atom. The van der Waals surface area contributed by atoms with Gasteiger partial charge in [0.25, 0.3) is 0 Å². The molecule has 4 heterocycles. The van der Waals surface area contributed by atoms with Gasteiger partial charge < -0.3 is 28.4 Å². The number of rotatable bonds is 9. The molecule has 0 aliphatic carbocycles. The molecule has 10 heteroatoms. The summed E-state index contributed by atoms with van der Waals surface area (Å²) < 4.78 is 51.4. The minimum absolute atomic E-state index is 0.00517. The number of hydrogen-bond donors (Lipinski definition) is 0. The lowest BCUT2D eigenvalue weighted by Gasteiger charge is -2.34. The summed E-state index contributed by atoms with van der Waals surface area (Å²) in [7, 11) is -1.00. The van der Waals surface area contributed by atoms with Crippen LogP contribution in [0, 0.1) is 11.8 Å². The molecule has 0 saturated carbocycles. The average molecular weight is 547 g/mol. The van der Waals surface area contributed by atoms with E-state index in [-0.39, 0.29) is 41.9 Å². The van der Waals surface area contributed by atoms with Crippen LogP contribution in [-0.2, 0) is 28.4 Å². The zero-order chi connectivity index (χ0) is 29.5. The first-order valence-corrected chi connectivity index (χ1v) is 14.2. The van der Waals surface area contributed by atoms with Gasteiger partial charge in [-0.05, 0) is 65.3 Å². The fraction of sp³-hybridized carbons (Fsp3) is 1.00. The maximum Gasteiger partial charge on any atom is 0.188 e. The van der Waals surface area contributed by atoms with Gasteiger partial charge in [-0.1, -0.05) is 52.6 Å². The molecule has 0 radical (unpaired) electrons. The molecule has 0 amide bonds. The second kappa shape index (κ2) is 13.6. The van der Waals surface area contributed by atoms with E-state index in [1.165, 1.54) is 12.8 Å². The van der Waals surface area contributed by atoms with Crippen LogP contribution in [0.5, 0.6) is 0 Å². The number of nitrogens with zero attached hydrogens (tertiary/aromatic N) is 3. The Kier molecular flexibility index (Phi) is 11.3. The lowest BCUT2D eigenvalue weighted by Crippen LogP contribution is -2.39. The Labute approximate surface area is 230 Å². The number of azide groups is 1. The van der Waals surface area contributed by atoms with E-state index in [9.17, 15) is 4.39 Å². The van der Waals surface area contributed by atoms with E-state index in [1.807, 2.05) is 27.7 Å². The third kappa shape index (κ3) is 7.19. The van der Waals surface area contributed by atoms with Crippen LogP contribution >= 0.6 is 0 Å². The molecule has 8 atom stereocenters. The van der Waals surface area contributed by atoms with Crippen LogP contribution in [0.15, 0.2) is 5.11 Å². The highest BCUT2D eigenvalue weighted by atomic mass is 19.1. The van der Waals surface area contributed by atoms with Crippen LogP contribution in [0.4, 0.5) is 4.39 Å². The minimum Gasteiger partial charge on any atom is -0.343 e. The normalized spacial score (nSPS) is 40.1. The van der Waals surface area contributed by atoms with Crippen LogP contribution in [0.2, 0.25) is 0 Å². The molecule has 38 heavy (non-hydrogen) atoms. The Balaban J connectivity index is 0.000000250. The molecular formula is C28H52FN3O6. The van der Waals surface area contributed by atoms with Gasteiger partial charge in [0.2, 0.25) is 0 Å². The van der Waals surface area contributed by atoms with Crippen molar-refractivity contribution < 1.29 is 34.2 Å². The number of ether oxygens (including phenoxy) is 6. The van der Waals surface area contributed by atoms with Gasteiger partial charge in [0, 0.05) is 23.3 Å². The molecule has 9 nitrogen and oxygen atoms in total. The Morgan fingerprint density at radius 1 is 0.789 bits per heavy atom. The third-order valence-corrected chi connectivity index (χ3v) is 8.59. The second-order valence-electron chi connectivity index (χ2n) is 11.7. The van der Waals surface area contributed by atoms with Crippen molar-refractivity contribution >= 4 is 0 Å². The van der Waals surface area contributed by atoms with Gasteiger partial charge in [-0.3, -0.25) is 4.39 Å². The van der Waals surface area contributed by atoms with E-state index in [4.69, 9.17) is 35.3 Å². The lowest BCUT2D eigenvalue weighted by molar-refractivity contribution is -0.234. The van der Waals surface area contributed by atoms with Gasteiger partial charge in [0.15, 0.2) is 24.2 Å². The summed E-state index contributed by atoms with van der Waals surface area (Å²) in [5, 5.41) is 3.58. The smallest absolute Gasteiger partial charge is 0.188 e. The second-order valence-corrected chi connectivity index (χ2v) is 11.7. The number of unbranched alkanes of at least 4 members (excludes halogenated alkanes) is 1. The van der Waals surface area contributed by atoms with E-state index >= 15 is 0 Å². The molecule has 4 saturated heterocycles. The highest BCUT2D eigenvalue weighted by molar-refractivity contribution is 5.01. The number of halogens is 1. The molecule has 0 unspecified atom stereocenters. The van der Waals surface area contributed by atoms with E-state index < -0.39 is 18.7 Å². The predicted octanol–water partition coefficient (Wildman–Crippen LogP) is 7.42. The molecule has 4 rings (SSSR count). The lowest BCUT2D eigenvalue weighted by atomic mass is 9.81. The van der Waals surface area contributed by atoms with Crippen molar-refractivity contribution in [2.24, 2.45) is 17.0 Å². The molecule has 0 aromatic carbocycles. The van der Waals surface area contributed by atoms with E-state index in [2.05, 4.69) is 44.6 Å². The summed E-state index contributed by atoms with van der Waals surface area (Å²) in [6.07, 6.45) is 6.81. The Morgan fingerprint density at radius 3 is 1.55 bits per heavy atom. The van der Waals surface area contributed by atoms with Gasteiger partial charge in [-0.15, -0.1) is 0 Å². The summed E-state index contributed by atoms with van der Waals surface area (Å²) in [6, 6.07) is 0. The predicted molar refractivity (Wildman–Crippen MR) is 144 cm³/mol. The molecule has 4 aliphatic heterocycles. The molecular weight excluding hydrogens is 493 g/mol. The monoisotopic (exact) mass is 546 g/mol. The van der Waals surface area contributed by atoms with E-state index in [0.717, 1.165) is 32.1 Å². The van der Waals surface area contributed by atoms with E-state index in [1.54, 1.807) is 0 Å². The Bertz CT molecular complexity index is 816. The zero-order valence-corrected chi connectivity index (χ0v) is 25.0. The fourth-order valence-corrected chi connectivity index (χ4v) is 6.36. The molecule has 222 valence electrons. The van der Waals surface area contributed by atoms with Crippen LogP contribution in [-0.4, -0.2) is 61.3 Å². The molecule has 0 aromatic heterocycles. The van der Waals surface area contributed by atoms with Crippen LogP contribution in [0.25, 0.3) is 10.4 Å². The summed E-state index contributed by atoms with van der Waals surface area (Å²) in [5.74, 6) is -0.371. The quantitative estimate of drug-likeness (QED) is 0.129. The van der Waals surface area contributed by atoms with Gasteiger partial charge in [-0.2, -0.15) is 0 Å². The van der Waals surface area contributed by atoms with Crippen LogP contribution in [0.3, 0.4) is 0 Å². The Hall–Kier alpha value is -1.00. The third-order valence-electron chi connectivity index (χ3n) is 8.59. The van der Waals surface area contributed by atoms with E-state index in [0.29, 0.717) is 12.5 Å². The van der Waals surface area contributed by atoms with Crippen molar-refractivity contribution in [2.45, 2.75) is 155 Å². The molecule has 0 N–H and O–H groups in total. The minimum atomic E-state index is -1.00. The van der Waals surface area contributed by atoms with Crippen LogP contribution in [0.1, 0.15) is 109 Å². The first kappa shape index (κ1) is 31.5. The van der Waals surface area contributed by atoms with Crippen molar-refractivity contribution in [2.75, 3.05) is 13.7 Å². The molecule has 4 aliphatic rings. The standard InChI is InChI=1S/C14H26O3.C13H23N3O3.CH3F/c1-6-8-9-14(7-2)10(3)11-12(17-14)16-13(4,5)15-11;1-5-13(7-6-8-15-16-14)9(2)10-11(19-13)18-12(3,4)17-10;1-2/h10-12H,6-9H2,1-5H3;9-11H,5-8H2,1-4H3;1H3/t10-,11+,12-,14-;9-,10+,11-,13-;/m00./s1/i;;1D. The number of alkyl halides is 1. The fourth-order valence-electron chi connectivity index (χ4n) is 6.36. The topological polar surface area (TPSA) is 104 Å². The van der Waals surface area contributed by atoms with Gasteiger partial charge in [0.1, 0.15) is 12.2 Å². The van der Waals surface area contributed by atoms with Crippen molar-refractivity contribution in [3.63, 3.8) is 0 Å². The van der Waals surface area contributed by atoms with Crippen molar-refractivity contribution in [1.29, 1.82) is 0 Å². The number of fused-ring (bicyclic) bond motifs is 2. The largest absolute Gasteiger partial charge is 0.343 e. The average Bonchev–Trinajstić information content (AvgIpc) is 3.51. The first-order chi connectivity index (χ1) is 18.3. The summed E-state index contributed by atoms with van der Waals surface area (Å²) in [6.45, 7) is 19.2. The maximum atomic E-state index is 9.96. The highest BCUT2D eigenvalue weighted by Crippen LogP contribution is 2.50. The van der Waals surface area contributed by atoms with Gasteiger partial charge >= 0.3 is 0 Å². The van der Waals surface area contributed by atoms with Crippen molar-refractivity contribution in [3.05, 3.63) is 10.4 Å². The van der Waals surface area contributed by atoms with Crippen LogP contribution < -0.4 is 0 Å². The zero-order valence-electron chi connectivity index (χ0n) is 26.0. The highest BCUT2D eigenvalue weighted by Gasteiger charge is 2.59. The number of hydrogen-bond acceptors (Lipinski definition) is 7. The van der Waals surface area contributed by atoms with Crippen molar-refractivity contribution in [1.82, 2.24) is 0 Å². The molecule has 0 aromatic rings. The first-order valence-electron chi connectivity index (χ1n) is 14.9. The summed E-state index contributed by atoms with van der Waals surface area (Å²) in [4.78, 5) is 2.78. The SMILES string of the molecule is CCCC[C@]1(CC)O[C@@H]2OC(C)(C)O[C@@H]2[C@@H]1C.CC[C@@]1(CCCN=[N+]=[N-])O[C@@H]2OC(C)(C)O[C@@H]2[C@@H]1C.[2H]CF. The van der Waals surface area contributed by atoms with Gasteiger partial charge in [0.05, 0.1) is 19.7 Å². The summed E-state index contributed by atoms with van der Waals surface area (Å²) >= 11 is 0. The molecule has 0 spiro atoms. The summed E-state index contributed by atoms with van der Waals surface area (Å²) in [5.41, 5.74) is 8.04. The van der Waals surface area contributed by atoms with Gasteiger partial charge in [-0.25, -0.2) is 0 Å². The molecule has 0 bridgehead atoms.